The lowest BCUT2D eigenvalue weighted by molar-refractivity contribution is -0.153. The number of nitrogens with one attached hydrogen (secondary N) is 1. The Morgan fingerprint density at radius 2 is 1.84 bits per heavy atom. The van der Waals surface area contributed by atoms with E-state index >= 15 is 0 Å². The van der Waals surface area contributed by atoms with Gasteiger partial charge in [0, 0.05) is 11.2 Å². The molecule has 2 aromatic heterocycles. The number of rotatable bonds is 4. The van der Waals surface area contributed by atoms with Crippen molar-refractivity contribution in [3.8, 4) is 0 Å². The average Bonchev–Trinajstić information content (AvgIpc) is 3.00. The van der Waals surface area contributed by atoms with Crippen LogP contribution < -0.4 is 4.72 Å². The summed E-state index contributed by atoms with van der Waals surface area (Å²) >= 11 is 6.81. The van der Waals surface area contributed by atoms with Crippen LogP contribution in [-0.4, -0.2) is 24.6 Å². The summed E-state index contributed by atoms with van der Waals surface area (Å²) in [5.74, 6) is 0. The van der Waals surface area contributed by atoms with Crippen molar-refractivity contribution in [2.24, 2.45) is 0 Å². The van der Waals surface area contributed by atoms with E-state index in [9.17, 15) is 21.6 Å². The lowest BCUT2D eigenvalue weighted by Crippen LogP contribution is -2.38. The number of fused-ring (bicyclic) bond motifs is 1. The number of hydrogen-bond donors (Lipinski definition) is 1. The second-order valence-corrected chi connectivity index (χ2v) is 8.03. The second-order valence-electron chi connectivity index (χ2n) is 4.99. The number of alkyl halides is 3. The third-order valence-electron chi connectivity index (χ3n) is 3.28. The first-order valence-corrected chi connectivity index (χ1v) is 9.45. The first-order chi connectivity index (χ1) is 11.7. The van der Waals surface area contributed by atoms with Gasteiger partial charge in [0.25, 0.3) is 0 Å². The zero-order valence-corrected chi connectivity index (χ0v) is 14.5. The van der Waals surface area contributed by atoms with Crippen molar-refractivity contribution in [1.82, 2.24) is 14.7 Å². The number of sulfonamides is 1. The van der Waals surface area contributed by atoms with E-state index in [1.54, 1.807) is 4.72 Å². The van der Waals surface area contributed by atoms with E-state index in [1.165, 1.54) is 23.7 Å². The summed E-state index contributed by atoms with van der Waals surface area (Å²) in [6, 6.07) is 3.58. The van der Waals surface area contributed by atoms with Gasteiger partial charge in [0.1, 0.15) is 10.9 Å². The number of pyridine rings is 1. The molecule has 0 aliphatic heterocycles. The summed E-state index contributed by atoms with van der Waals surface area (Å²) in [5, 5.41) is 0.243. The van der Waals surface area contributed by atoms with E-state index in [2.05, 4.69) is 9.97 Å². The molecule has 0 unspecified atom stereocenters. The highest BCUT2D eigenvalue weighted by molar-refractivity contribution is 7.89. The fourth-order valence-corrected chi connectivity index (χ4v) is 4.14. The van der Waals surface area contributed by atoms with Crippen LogP contribution in [0.25, 0.3) is 10.3 Å². The normalized spacial score (nSPS) is 13.9. The Balaban J connectivity index is 1.98. The van der Waals surface area contributed by atoms with Gasteiger partial charge in [-0.15, -0.1) is 11.3 Å². The standard InChI is InChI=1S/C14H9ClF3N3O2S2/c15-9-3-1-8(2-4-9)12(14(16,17)18)21-25(22,23)10-5-11-13(19-6-10)20-7-24-11/h1-7,12,21H/t12-/m1/s1. The third kappa shape index (κ3) is 3.92. The topological polar surface area (TPSA) is 72.0 Å². The zero-order chi connectivity index (χ0) is 18.2. The maximum Gasteiger partial charge on any atom is 0.408 e. The molecule has 0 amide bonds. The SMILES string of the molecule is O=S(=O)(N[C@H](c1ccc(Cl)cc1)C(F)(F)F)c1cnc2ncsc2c1. The molecule has 2 heterocycles. The van der Waals surface area contributed by atoms with Gasteiger partial charge in [-0.25, -0.2) is 18.4 Å². The minimum atomic E-state index is -4.83. The van der Waals surface area contributed by atoms with Crippen LogP contribution in [0.15, 0.2) is 46.9 Å². The van der Waals surface area contributed by atoms with Gasteiger partial charge >= 0.3 is 6.18 Å². The van der Waals surface area contributed by atoms with Crippen LogP contribution in [0.2, 0.25) is 5.02 Å². The van der Waals surface area contributed by atoms with Crippen molar-refractivity contribution in [3.63, 3.8) is 0 Å². The van der Waals surface area contributed by atoms with Gasteiger partial charge in [-0.1, -0.05) is 23.7 Å². The van der Waals surface area contributed by atoms with Gasteiger partial charge < -0.3 is 0 Å². The molecule has 0 radical (unpaired) electrons. The largest absolute Gasteiger partial charge is 0.408 e. The van der Waals surface area contributed by atoms with Crippen LogP contribution in [0.4, 0.5) is 13.2 Å². The molecular formula is C14H9ClF3N3O2S2. The summed E-state index contributed by atoms with van der Waals surface area (Å²) < 4.78 is 67.1. The average molecular weight is 408 g/mol. The quantitative estimate of drug-likeness (QED) is 0.711. The summed E-state index contributed by atoms with van der Waals surface area (Å²) in [6.45, 7) is 0. The number of nitrogens with zero attached hydrogens (tertiary/aromatic N) is 2. The van der Waals surface area contributed by atoms with Gasteiger partial charge in [0.05, 0.1) is 10.2 Å². The molecule has 11 heteroatoms. The van der Waals surface area contributed by atoms with Crippen LogP contribution in [0.3, 0.4) is 0 Å². The highest BCUT2D eigenvalue weighted by atomic mass is 35.5. The predicted molar refractivity (Wildman–Crippen MR) is 88.0 cm³/mol. The molecule has 0 fully saturated rings. The Morgan fingerprint density at radius 1 is 1.16 bits per heavy atom. The van der Waals surface area contributed by atoms with E-state index in [1.807, 2.05) is 0 Å². The molecule has 3 aromatic rings. The van der Waals surface area contributed by atoms with Crippen molar-refractivity contribution in [2.75, 3.05) is 0 Å². The number of thiazole rings is 1. The Hall–Kier alpha value is -1.75. The molecule has 25 heavy (non-hydrogen) atoms. The molecule has 3 rings (SSSR count). The van der Waals surface area contributed by atoms with E-state index < -0.39 is 22.2 Å². The van der Waals surface area contributed by atoms with Crippen molar-refractivity contribution in [1.29, 1.82) is 0 Å². The maximum atomic E-state index is 13.4. The smallest absolute Gasteiger partial charge is 0.234 e. The number of aromatic nitrogens is 2. The highest BCUT2D eigenvalue weighted by Gasteiger charge is 2.43. The van der Waals surface area contributed by atoms with Gasteiger partial charge in [0.2, 0.25) is 10.0 Å². The fourth-order valence-electron chi connectivity index (χ4n) is 2.09. The minimum Gasteiger partial charge on any atom is -0.234 e. The lowest BCUT2D eigenvalue weighted by atomic mass is 10.1. The van der Waals surface area contributed by atoms with E-state index in [0.29, 0.717) is 10.3 Å². The highest BCUT2D eigenvalue weighted by Crippen LogP contribution is 2.34. The molecule has 0 aliphatic carbocycles. The molecule has 132 valence electrons. The predicted octanol–water partition coefficient (Wildman–Crippen LogP) is 3.93. The molecule has 1 N–H and O–H groups in total. The van der Waals surface area contributed by atoms with Gasteiger partial charge in [-0.2, -0.15) is 17.9 Å². The molecule has 0 saturated carbocycles. The molecule has 1 atom stereocenters. The van der Waals surface area contributed by atoms with E-state index in [-0.39, 0.29) is 15.5 Å². The van der Waals surface area contributed by atoms with Gasteiger partial charge in [-0.3, -0.25) is 0 Å². The van der Waals surface area contributed by atoms with E-state index in [4.69, 9.17) is 11.6 Å². The number of hydrogen-bond acceptors (Lipinski definition) is 5. The zero-order valence-electron chi connectivity index (χ0n) is 12.2. The van der Waals surface area contributed by atoms with Crippen LogP contribution >= 0.6 is 22.9 Å². The maximum absolute atomic E-state index is 13.4. The van der Waals surface area contributed by atoms with Crippen LogP contribution in [0, 0.1) is 0 Å². The molecule has 0 spiro atoms. The molecule has 0 aliphatic rings. The fraction of sp³-hybridized carbons (Fsp3) is 0.143. The Bertz CT molecular complexity index is 1000. The van der Waals surface area contributed by atoms with Gasteiger partial charge in [0.15, 0.2) is 5.65 Å². The monoisotopic (exact) mass is 407 g/mol. The summed E-state index contributed by atoms with van der Waals surface area (Å²) in [6.07, 6.45) is -3.86. The molecular weight excluding hydrogens is 399 g/mol. The van der Waals surface area contributed by atoms with Gasteiger partial charge in [-0.05, 0) is 23.8 Å². The van der Waals surface area contributed by atoms with Crippen LogP contribution in [0.5, 0.6) is 0 Å². The number of halogens is 4. The van der Waals surface area contributed by atoms with Crippen molar-refractivity contribution in [2.45, 2.75) is 17.1 Å². The Labute approximate surface area is 149 Å². The third-order valence-corrected chi connectivity index (χ3v) is 5.68. The van der Waals surface area contributed by atoms with E-state index in [0.717, 1.165) is 29.7 Å². The summed E-state index contributed by atoms with van der Waals surface area (Å²) in [5.41, 5.74) is 1.52. The molecule has 0 saturated heterocycles. The molecule has 1 aromatic carbocycles. The summed E-state index contributed by atoms with van der Waals surface area (Å²) in [4.78, 5) is 7.37. The summed E-state index contributed by atoms with van der Waals surface area (Å²) in [7, 11) is -4.46. The van der Waals surface area contributed by atoms with Crippen molar-refractivity contribution in [3.05, 3.63) is 52.6 Å². The van der Waals surface area contributed by atoms with Crippen molar-refractivity contribution >= 4 is 43.3 Å². The second kappa shape index (κ2) is 6.52. The Kier molecular flexibility index (Phi) is 4.71. The lowest BCUT2D eigenvalue weighted by Gasteiger charge is -2.22. The minimum absolute atomic E-state index is 0.243. The van der Waals surface area contributed by atoms with Crippen molar-refractivity contribution < 1.29 is 21.6 Å². The first kappa shape index (κ1) is 18.1. The molecule has 5 nitrogen and oxygen atoms in total. The van der Waals surface area contributed by atoms with Crippen LogP contribution in [-0.2, 0) is 10.0 Å². The first-order valence-electron chi connectivity index (χ1n) is 6.70. The Morgan fingerprint density at radius 3 is 2.48 bits per heavy atom. The van der Waals surface area contributed by atoms with Crippen LogP contribution in [0.1, 0.15) is 11.6 Å². The number of benzene rings is 1. The molecule has 0 bridgehead atoms.